The second-order valence-corrected chi connectivity index (χ2v) is 6.46. The summed E-state index contributed by atoms with van der Waals surface area (Å²) in [6.07, 6.45) is 0. The van der Waals surface area contributed by atoms with Gasteiger partial charge in [0.25, 0.3) is 0 Å². The lowest BCUT2D eigenvalue weighted by Crippen LogP contribution is -2.47. The molecule has 6 heteroatoms. The van der Waals surface area contributed by atoms with Crippen LogP contribution in [-0.4, -0.2) is 41.3 Å². The van der Waals surface area contributed by atoms with E-state index in [2.05, 4.69) is 26.9 Å². The van der Waals surface area contributed by atoms with Crippen molar-refractivity contribution in [2.75, 3.05) is 31.1 Å². The second-order valence-electron chi connectivity index (χ2n) is 6.46. The van der Waals surface area contributed by atoms with Gasteiger partial charge in [0, 0.05) is 31.7 Å². The highest BCUT2D eigenvalue weighted by atomic mass is 19.1. The number of aromatic nitrogens is 2. The molecule has 3 aromatic rings. The van der Waals surface area contributed by atoms with Gasteiger partial charge in [-0.05, 0) is 31.2 Å². The molecule has 26 heavy (non-hydrogen) atoms. The van der Waals surface area contributed by atoms with E-state index in [9.17, 15) is 4.39 Å². The van der Waals surface area contributed by atoms with Crippen LogP contribution in [0.3, 0.4) is 0 Å². The van der Waals surface area contributed by atoms with Crippen molar-refractivity contribution in [1.29, 1.82) is 0 Å². The maximum absolute atomic E-state index is 14.0. The Bertz CT molecular complexity index is 859. The van der Waals surface area contributed by atoms with E-state index in [0.29, 0.717) is 17.5 Å². The number of halogens is 1. The first-order valence-electron chi connectivity index (χ1n) is 8.85. The maximum Gasteiger partial charge on any atom is 0.247 e. The van der Waals surface area contributed by atoms with E-state index >= 15 is 0 Å². The van der Waals surface area contributed by atoms with E-state index in [-0.39, 0.29) is 11.9 Å². The van der Waals surface area contributed by atoms with Gasteiger partial charge in [-0.2, -0.15) is 0 Å². The summed E-state index contributed by atoms with van der Waals surface area (Å²) in [6.45, 7) is 5.24. The predicted octanol–water partition coefficient (Wildman–Crippen LogP) is 3.76. The molecule has 0 saturated carbocycles. The van der Waals surface area contributed by atoms with Gasteiger partial charge in [0.2, 0.25) is 11.8 Å². The molecule has 4 rings (SSSR count). The number of nitrogens with zero attached hydrogens (tertiary/aromatic N) is 4. The fourth-order valence-corrected chi connectivity index (χ4v) is 3.32. The van der Waals surface area contributed by atoms with Crippen LogP contribution in [0, 0.1) is 5.82 Å². The van der Waals surface area contributed by atoms with Gasteiger partial charge in [-0.3, -0.25) is 4.90 Å². The van der Waals surface area contributed by atoms with Gasteiger partial charge in [0.15, 0.2) is 0 Å². The average molecular weight is 352 g/mol. The minimum atomic E-state index is -0.168. The molecule has 1 saturated heterocycles. The Morgan fingerprint density at radius 3 is 2.35 bits per heavy atom. The van der Waals surface area contributed by atoms with Crippen LogP contribution in [0.5, 0.6) is 0 Å². The van der Waals surface area contributed by atoms with Crippen LogP contribution in [0.15, 0.2) is 59.0 Å². The summed E-state index contributed by atoms with van der Waals surface area (Å²) < 4.78 is 19.8. The molecule has 2 heterocycles. The zero-order valence-corrected chi connectivity index (χ0v) is 14.7. The van der Waals surface area contributed by atoms with Crippen LogP contribution in [0.2, 0.25) is 0 Å². The molecule has 1 aromatic heterocycles. The van der Waals surface area contributed by atoms with Crippen LogP contribution in [-0.2, 0) is 0 Å². The Balaban J connectivity index is 1.42. The van der Waals surface area contributed by atoms with E-state index in [0.717, 1.165) is 31.7 Å². The lowest BCUT2D eigenvalue weighted by Gasteiger charge is -2.38. The predicted molar refractivity (Wildman–Crippen MR) is 98.3 cm³/mol. The molecule has 2 aromatic carbocycles. The Labute approximate surface area is 152 Å². The van der Waals surface area contributed by atoms with E-state index < -0.39 is 0 Å². The average Bonchev–Trinajstić information content (AvgIpc) is 3.19. The highest BCUT2D eigenvalue weighted by Crippen LogP contribution is 2.26. The van der Waals surface area contributed by atoms with Gasteiger partial charge in [-0.15, -0.1) is 10.2 Å². The van der Waals surface area contributed by atoms with Crippen molar-refractivity contribution in [3.63, 3.8) is 0 Å². The number of benzene rings is 2. The third kappa shape index (κ3) is 3.32. The first-order chi connectivity index (χ1) is 12.7. The summed E-state index contributed by atoms with van der Waals surface area (Å²) in [5, 5.41) is 8.40. The monoisotopic (exact) mass is 352 g/mol. The molecule has 134 valence electrons. The highest BCUT2D eigenvalue weighted by Gasteiger charge is 2.26. The van der Waals surface area contributed by atoms with E-state index in [1.807, 2.05) is 42.5 Å². The fraction of sp³-hybridized carbons (Fsp3) is 0.300. The molecule has 5 nitrogen and oxygen atoms in total. The van der Waals surface area contributed by atoms with Gasteiger partial charge >= 0.3 is 0 Å². The lowest BCUT2D eigenvalue weighted by atomic mass is 10.2. The molecule has 1 aliphatic rings. The number of hydrogen-bond donors (Lipinski definition) is 0. The lowest BCUT2D eigenvalue weighted by molar-refractivity contribution is 0.173. The summed E-state index contributed by atoms with van der Waals surface area (Å²) >= 11 is 0. The summed E-state index contributed by atoms with van der Waals surface area (Å²) in [5.74, 6) is 0.985. The molecule has 0 amide bonds. The Morgan fingerprint density at radius 2 is 1.62 bits per heavy atom. The zero-order chi connectivity index (χ0) is 17.9. The van der Waals surface area contributed by atoms with E-state index in [4.69, 9.17) is 4.42 Å². The molecular weight excluding hydrogens is 331 g/mol. The smallest absolute Gasteiger partial charge is 0.247 e. The van der Waals surface area contributed by atoms with Gasteiger partial charge < -0.3 is 9.32 Å². The third-order valence-corrected chi connectivity index (χ3v) is 4.87. The molecule has 0 spiro atoms. The molecular formula is C20H21FN4O. The Morgan fingerprint density at radius 1 is 0.923 bits per heavy atom. The van der Waals surface area contributed by atoms with E-state index in [1.165, 1.54) is 6.07 Å². The molecule has 0 unspecified atom stereocenters. The molecule has 1 fully saturated rings. The first kappa shape index (κ1) is 16.7. The SMILES string of the molecule is C[C@@H](c1nnc(-c2ccccc2)o1)N1CCN(c2ccccc2F)CC1. The normalized spacial score (nSPS) is 16.6. The summed E-state index contributed by atoms with van der Waals surface area (Å²) in [6, 6.07) is 16.7. The summed E-state index contributed by atoms with van der Waals surface area (Å²) in [4.78, 5) is 4.38. The largest absolute Gasteiger partial charge is 0.419 e. The maximum atomic E-state index is 14.0. The quantitative estimate of drug-likeness (QED) is 0.715. The van der Waals surface area contributed by atoms with Crippen LogP contribution >= 0.6 is 0 Å². The molecule has 0 aliphatic carbocycles. The number of rotatable bonds is 4. The standard InChI is InChI=1S/C20H21FN4O/c1-15(19-22-23-20(26-19)16-7-3-2-4-8-16)24-11-13-25(14-12-24)18-10-6-5-9-17(18)21/h2-10,15H,11-14H2,1H3/t15-/m0/s1. The topological polar surface area (TPSA) is 45.4 Å². The fourth-order valence-electron chi connectivity index (χ4n) is 3.32. The minimum absolute atomic E-state index is 0.0303. The van der Waals surface area contributed by atoms with Crippen molar-refractivity contribution in [1.82, 2.24) is 15.1 Å². The van der Waals surface area contributed by atoms with Crippen LogP contribution in [0.1, 0.15) is 18.9 Å². The second kappa shape index (κ2) is 7.25. The molecule has 0 bridgehead atoms. The highest BCUT2D eigenvalue weighted by molar-refractivity contribution is 5.51. The zero-order valence-electron chi connectivity index (χ0n) is 14.7. The third-order valence-electron chi connectivity index (χ3n) is 4.87. The Hall–Kier alpha value is -2.73. The molecule has 1 aliphatic heterocycles. The first-order valence-corrected chi connectivity index (χ1v) is 8.85. The van der Waals surface area contributed by atoms with Gasteiger partial charge in [-0.25, -0.2) is 4.39 Å². The van der Waals surface area contributed by atoms with Crippen molar-refractivity contribution in [2.45, 2.75) is 13.0 Å². The number of piperazine rings is 1. The van der Waals surface area contributed by atoms with Gasteiger partial charge in [0.05, 0.1) is 11.7 Å². The summed E-state index contributed by atoms with van der Waals surface area (Å²) in [7, 11) is 0. The van der Waals surface area contributed by atoms with E-state index in [1.54, 1.807) is 6.07 Å². The number of hydrogen-bond acceptors (Lipinski definition) is 5. The summed E-state index contributed by atoms with van der Waals surface area (Å²) in [5.41, 5.74) is 1.59. The number of para-hydroxylation sites is 1. The molecule has 0 radical (unpaired) electrons. The number of anilines is 1. The molecule has 0 N–H and O–H groups in total. The van der Waals surface area contributed by atoms with Crippen molar-refractivity contribution >= 4 is 5.69 Å². The van der Waals surface area contributed by atoms with Crippen molar-refractivity contribution in [3.05, 3.63) is 66.3 Å². The van der Waals surface area contributed by atoms with Gasteiger partial charge in [0.1, 0.15) is 5.82 Å². The van der Waals surface area contributed by atoms with Gasteiger partial charge in [-0.1, -0.05) is 30.3 Å². The van der Waals surface area contributed by atoms with Crippen molar-refractivity contribution in [3.8, 4) is 11.5 Å². The van der Waals surface area contributed by atoms with Crippen molar-refractivity contribution < 1.29 is 8.81 Å². The molecule has 1 atom stereocenters. The Kier molecular flexibility index (Phi) is 4.67. The van der Waals surface area contributed by atoms with Crippen molar-refractivity contribution in [2.24, 2.45) is 0 Å². The van der Waals surface area contributed by atoms with Crippen LogP contribution in [0.25, 0.3) is 11.5 Å². The van der Waals surface area contributed by atoms with Crippen LogP contribution in [0.4, 0.5) is 10.1 Å². The van der Waals surface area contributed by atoms with Crippen LogP contribution < -0.4 is 4.90 Å². The minimum Gasteiger partial charge on any atom is -0.419 e.